The van der Waals surface area contributed by atoms with Gasteiger partial charge in [0.25, 0.3) is 0 Å². The van der Waals surface area contributed by atoms with Gasteiger partial charge in [-0.15, -0.1) is 10.2 Å². The molecule has 1 fully saturated rings. The fraction of sp³-hybridized carbons (Fsp3) is 0.435. The molecule has 0 radical (unpaired) electrons. The van der Waals surface area contributed by atoms with E-state index in [0.717, 1.165) is 54.3 Å². The predicted molar refractivity (Wildman–Crippen MR) is 122 cm³/mol. The van der Waals surface area contributed by atoms with Gasteiger partial charge in [0.1, 0.15) is 5.76 Å². The summed E-state index contributed by atoms with van der Waals surface area (Å²) in [4.78, 5) is 15.0. The van der Waals surface area contributed by atoms with Crippen LogP contribution < -0.4 is 10.2 Å². The van der Waals surface area contributed by atoms with Crippen molar-refractivity contribution in [2.75, 3.05) is 18.0 Å². The van der Waals surface area contributed by atoms with E-state index in [9.17, 15) is 4.79 Å². The van der Waals surface area contributed by atoms with Crippen molar-refractivity contribution < 1.29 is 9.21 Å². The van der Waals surface area contributed by atoms with Gasteiger partial charge in [0.05, 0.1) is 18.1 Å². The average Bonchev–Trinajstić information content (AvgIpc) is 3.44. The minimum Gasteiger partial charge on any atom is -0.467 e. The van der Waals surface area contributed by atoms with E-state index in [1.54, 1.807) is 6.26 Å². The molecule has 1 saturated heterocycles. The number of hydrogen-bond donors (Lipinski definition) is 1. The van der Waals surface area contributed by atoms with Crippen LogP contribution in [0.5, 0.6) is 0 Å². The molecule has 1 amide bonds. The minimum absolute atomic E-state index is 0.0188. The highest BCUT2D eigenvalue weighted by Crippen LogP contribution is 2.29. The number of anilines is 1. The van der Waals surface area contributed by atoms with E-state index in [1.165, 1.54) is 11.8 Å². The number of carbonyl (C=O) groups is 1. The van der Waals surface area contributed by atoms with Crippen LogP contribution in [0.4, 0.5) is 5.95 Å². The smallest absolute Gasteiger partial charge is 0.233 e. The molecule has 7 nitrogen and oxygen atoms in total. The van der Waals surface area contributed by atoms with Crippen molar-refractivity contribution in [3.05, 3.63) is 60.1 Å². The number of nitrogens with zero attached hydrogens (tertiary/aromatic N) is 4. The quantitative estimate of drug-likeness (QED) is 0.536. The molecule has 8 heteroatoms. The van der Waals surface area contributed by atoms with Gasteiger partial charge in [-0.1, -0.05) is 49.0 Å². The second-order valence-corrected chi connectivity index (χ2v) is 9.39. The standard InChI is InChI=1S/C23H29N5O2S/c1-17-10-12-27(13-11-17)22-25-26-23(28(22)16-20-9-6-14-30-20)31-18(2)21(29)24-15-19-7-4-3-5-8-19/h3-9,14,17-18H,10-13,15-16H2,1-2H3,(H,24,29). The third-order valence-electron chi connectivity index (χ3n) is 5.62. The van der Waals surface area contributed by atoms with Crippen molar-refractivity contribution in [1.29, 1.82) is 0 Å². The average molecular weight is 440 g/mol. The maximum absolute atomic E-state index is 12.7. The van der Waals surface area contributed by atoms with Crippen molar-refractivity contribution in [3.63, 3.8) is 0 Å². The lowest BCUT2D eigenvalue weighted by Gasteiger charge is -2.31. The normalized spacial score (nSPS) is 15.7. The van der Waals surface area contributed by atoms with Gasteiger partial charge in [-0.2, -0.15) is 0 Å². The SMILES string of the molecule is CC1CCN(c2nnc(SC(C)C(=O)NCc3ccccc3)n2Cc2ccco2)CC1. The molecule has 4 rings (SSSR count). The van der Waals surface area contributed by atoms with Crippen molar-refractivity contribution in [2.24, 2.45) is 5.92 Å². The van der Waals surface area contributed by atoms with Crippen molar-refractivity contribution in [1.82, 2.24) is 20.1 Å². The van der Waals surface area contributed by atoms with Crippen LogP contribution in [-0.2, 0) is 17.9 Å². The Labute approximate surface area is 187 Å². The molecular formula is C23H29N5O2S. The van der Waals surface area contributed by atoms with Gasteiger partial charge < -0.3 is 14.6 Å². The second kappa shape index (κ2) is 10.0. The largest absolute Gasteiger partial charge is 0.467 e. The highest BCUT2D eigenvalue weighted by molar-refractivity contribution is 8.00. The summed E-state index contributed by atoms with van der Waals surface area (Å²) in [5.74, 6) is 2.41. The maximum atomic E-state index is 12.7. The topological polar surface area (TPSA) is 76.2 Å². The van der Waals surface area contributed by atoms with E-state index in [2.05, 4.69) is 31.9 Å². The molecule has 1 unspecified atom stereocenters. The Hall–Kier alpha value is -2.74. The number of aromatic nitrogens is 3. The summed E-state index contributed by atoms with van der Waals surface area (Å²) in [6, 6.07) is 13.8. The van der Waals surface area contributed by atoms with Crippen LogP contribution in [-0.4, -0.2) is 39.0 Å². The number of hydrogen-bond acceptors (Lipinski definition) is 6. The minimum atomic E-state index is -0.294. The molecule has 3 aromatic rings. The maximum Gasteiger partial charge on any atom is 0.233 e. The van der Waals surface area contributed by atoms with Crippen molar-refractivity contribution in [3.8, 4) is 0 Å². The van der Waals surface area contributed by atoms with Gasteiger partial charge in [0, 0.05) is 19.6 Å². The molecule has 1 N–H and O–H groups in total. The number of furan rings is 1. The predicted octanol–water partition coefficient (Wildman–Crippen LogP) is 3.95. The van der Waals surface area contributed by atoms with E-state index < -0.39 is 0 Å². The first-order chi connectivity index (χ1) is 15.1. The zero-order chi connectivity index (χ0) is 21.6. The van der Waals surface area contributed by atoms with Gasteiger partial charge in [0.2, 0.25) is 11.9 Å². The molecule has 1 aliphatic rings. The van der Waals surface area contributed by atoms with Gasteiger partial charge in [0.15, 0.2) is 5.16 Å². The number of carbonyl (C=O) groups excluding carboxylic acids is 1. The summed E-state index contributed by atoms with van der Waals surface area (Å²) >= 11 is 1.43. The Balaban J connectivity index is 1.46. The molecule has 0 saturated carbocycles. The van der Waals surface area contributed by atoms with E-state index in [4.69, 9.17) is 4.42 Å². The molecule has 2 aromatic heterocycles. The van der Waals surface area contributed by atoms with Crippen LogP contribution in [0.2, 0.25) is 0 Å². The zero-order valence-corrected chi connectivity index (χ0v) is 18.8. The van der Waals surface area contributed by atoms with Crippen LogP contribution in [0.1, 0.15) is 38.0 Å². The Morgan fingerprint density at radius 2 is 1.97 bits per heavy atom. The van der Waals surface area contributed by atoms with E-state index >= 15 is 0 Å². The summed E-state index contributed by atoms with van der Waals surface area (Å²) in [6.45, 7) is 7.19. The number of benzene rings is 1. The monoisotopic (exact) mass is 439 g/mol. The molecule has 1 aliphatic heterocycles. The first kappa shape index (κ1) is 21.5. The Kier molecular flexibility index (Phi) is 6.96. The number of piperidine rings is 1. The molecule has 0 aliphatic carbocycles. The fourth-order valence-corrected chi connectivity index (χ4v) is 4.52. The molecule has 0 bridgehead atoms. The van der Waals surface area contributed by atoms with Crippen LogP contribution in [0.25, 0.3) is 0 Å². The lowest BCUT2D eigenvalue weighted by Crippen LogP contribution is -2.35. The van der Waals surface area contributed by atoms with Crippen molar-refractivity contribution >= 4 is 23.6 Å². The molecule has 164 valence electrons. The second-order valence-electron chi connectivity index (χ2n) is 8.08. The van der Waals surface area contributed by atoms with Crippen LogP contribution in [0.3, 0.4) is 0 Å². The summed E-state index contributed by atoms with van der Waals surface area (Å²) in [5, 5.41) is 12.4. The summed E-state index contributed by atoms with van der Waals surface area (Å²) in [5.41, 5.74) is 1.08. The Bertz CT molecular complexity index is 965. The van der Waals surface area contributed by atoms with Crippen LogP contribution in [0.15, 0.2) is 58.3 Å². The van der Waals surface area contributed by atoms with Gasteiger partial charge in [-0.05, 0) is 43.4 Å². The number of nitrogens with one attached hydrogen (secondary N) is 1. The first-order valence-corrected chi connectivity index (χ1v) is 11.7. The zero-order valence-electron chi connectivity index (χ0n) is 18.0. The van der Waals surface area contributed by atoms with Crippen molar-refractivity contribution in [2.45, 2.75) is 50.2 Å². The highest BCUT2D eigenvalue weighted by atomic mass is 32.2. The van der Waals surface area contributed by atoms with E-state index in [-0.39, 0.29) is 11.2 Å². The highest BCUT2D eigenvalue weighted by Gasteiger charge is 2.25. The van der Waals surface area contributed by atoms with Crippen LogP contribution in [0, 0.1) is 5.92 Å². The Morgan fingerprint density at radius 1 is 1.19 bits per heavy atom. The molecule has 1 atom stereocenters. The molecule has 3 heterocycles. The van der Waals surface area contributed by atoms with Gasteiger partial charge in [-0.3, -0.25) is 9.36 Å². The molecule has 1 aromatic carbocycles. The summed E-state index contributed by atoms with van der Waals surface area (Å²) in [7, 11) is 0. The summed E-state index contributed by atoms with van der Waals surface area (Å²) in [6.07, 6.45) is 3.97. The van der Waals surface area contributed by atoms with Gasteiger partial charge in [-0.25, -0.2) is 0 Å². The lowest BCUT2D eigenvalue weighted by atomic mass is 10.00. The lowest BCUT2D eigenvalue weighted by molar-refractivity contribution is -0.120. The third-order valence-corrected chi connectivity index (χ3v) is 6.70. The number of amides is 1. The van der Waals surface area contributed by atoms with E-state index in [1.807, 2.05) is 49.4 Å². The molecule has 0 spiro atoms. The molecular weight excluding hydrogens is 410 g/mol. The van der Waals surface area contributed by atoms with Gasteiger partial charge >= 0.3 is 0 Å². The number of thioether (sulfide) groups is 1. The Morgan fingerprint density at radius 3 is 2.68 bits per heavy atom. The first-order valence-electron chi connectivity index (χ1n) is 10.8. The third kappa shape index (κ3) is 5.50. The summed E-state index contributed by atoms with van der Waals surface area (Å²) < 4.78 is 7.65. The van der Waals surface area contributed by atoms with E-state index in [0.29, 0.717) is 13.1 Å². The number of rotatable bonds is 8. The fourth-order valence-electron chi connectivity index (χ4n) is 3.65. The van der Waals surface area contributed by atoms with Crippen LogP contribution >= 0.6 is 11.8 Å². The molecule has 31 heavy (non-hydrogen) atoms.